The van der Waals surface area contributed by atoms with Gasteiger partial charge in [-0.25, -0.2) is 9.97 Å². The van der Waals surface area contributed by atoms with E-state index in [-0.39, 0.29) is 37.4 Å². The highest BCUT2D eigenvalue weighted by Gasteiger charge is 2.49. The van der Waals surface area contributed by atoms with E-state index in [0.717, 1.165) is 17.7 Å². The number of nitrogens with one attached hydrogen (secondary N) is 1. The van der Waals surface area contributed by atoms with Crippen molar-refractivity contribution in [1.29, 1.82) is 0 Å². The van der Waals surface area contributed by atoms with Crippen molar-refractivity contribution in [3.05, 3.63) is 64.9 Å². The second kappa shape index (κ2) is 10.1. The van der Waals surface area contributed by atoms with Crippen molar-refractivity contribution < 1.29 is 31.1 Å². The fourth-order valence-corrected chi connectivity index (χ4v) is 5.23. The maximum Gasteiger partial charge on any atom is 0.417 e. The monoisotopic (exact) mass is 528 g/mol. The molecule has 0 aliphatic carbocycles. The van der Waals surface area contributed by atoms with Crippen LogP contribution in [0.3, 0.4) is 0 Å². The van der Waals surface area contributed by atoms with Crippen LogP contribution < -0.4 is 5.32 Å². The molecular weight excluding hydrogens is 506 g/mol. The van der Waals surface area contributed by atoms with Gasteiger partial charge < -0.3 is 10.2 Å². The molecule has 3 aromatic rings. The topological polar surface area (TPSA) is 58.1 Å². The van der Waals surface area contributed by atoms with Crippen LogP contribution in [-0.4, -0.2) is 46.1 Å². The minimum Gasteiger partial charge on any atom is -0.368 e. The first kappa shape index (κ1) is 25.9. The van der Waals surface area contributed by atoms with Gasteiger partial charge in [-0.3, -0.25) is 4.79 Å². The van der Waals surface area contributed by atoms with Gasteiger partial charge in [-0.2, -0.15) is 26.3 Å². The number of benzene rings is 1. The van der Waals surface area contributed by atoms with E-state index in [2.05, 4.69) is 15.3 Å². The maximum absolute atomic E-state index is 14.0. The van der Waals surface area contributed by atoms with Crippen LogP contribution in [0.5, 0.6) is 0 Å². The fourth-order valence-electron chi connectivity index (χ4n) is 4.31. The van der Waals surface area contributed by atoms with Gasteiger partial charge in [-0.1, -0.05) is 30.3 Å². The van der Waals surface area contributed by atoms with Crippen LogP contribution in [0, 0.1) is 12.8 Å². The molecule has 4 rings (SSSR count). The molecule has 3 heterocycles. The Kier molecular flexibility index (Phi) is 7.26. The molecule has 1 N–H and O–H groups in total. The molecule has 1 amide bonds. The Morgan fingerprint density at radius 2 is 1.83 bits per heavy atom. The van der Waals surface area contributed by atoms with Crippen molar-refractivity contribution in [1.82, 2.24) is 14.9 Å². The molecule has 0 saturated carbocycles. The van der Waals surface area contributed by atoms with E-state index in [9.17, 15) is 31.1 Å². The van der Waals surface area contributed by atoms with Gasteiger partial charge in [0.1, 0.15) is 11.5 Å². The zero-order chi connectivity index (χ0) is 26.1. The second-order valence-electron chi connectivity index (χ2n) is 8.44. The average molecular weight is 529 g/mol. The first-order chi connectivity index (χ1) is 16.9. The third-order valence-electron chi connectivity index (χ3n) is 6.02. The standard InChI is InChI=1S/C24H22F6N4OS/c1-14-33-20(21(36-14)15-6-3-2-4-7-15)22(35)34-11-5-8-17(24(28,29)30)18(34)13-32-19-10-9-16(12-31-19)23(25,26)27/h2-4,6-7,9-10,12,17-18H,5,8,11,13H2,1H3,(H,31,32)/t17-,18-/m0/s1. The number of aryl methyl sites for hydroxylation is 1. The average Bonchev–Trinajstić information content (AvgIpc) is 3.23. The largest absolute Gasteiger partial charge is 0.417 e. The molecule has 1 aliphatic heterocycles. The highest BCUT2D eigenvalue weighted by molar-refractivity contribution is 7.15. The van der Waals surface area contributed by atoms with E-state index < -0.39 is 35.8 Å². The molecule has 192 valence electrons. The van der Waals surface area contributed by atoms with Crippen LogP contribution in [0.1, 0.15) is 33.9 Å². The maximum atomic E-state index is 14.0. The molecule has 12 heteroatoms. The number of anilines is 1. The first-order valence-corrected chi connectivity index (χ1v) is 11.9. The minimum absolute atomic E-state index is 0.0172. The van der Waals surface area contributed by atoms with Gasteiger partial charge in [0.15, 0.2) is 0 Å². The summed E-state index contributed by atoms with van der Waals surface area (Å²) in [7, 11) is 0. The molecule has 1 saturated heterocycles. The fraction of sp³-hybridized carbons (Fsp3) is 0.375. The molecule has 0 spiro atoms. The van der Waals surface area contributed by atoms with Crippen LogP contribution in [0.25, 0.3) is 10.4 Å². The van der Waals surface area contributed by atoms with Crippen LogP contribution in [0.2, 0.25) is 0 Å². The van der Waals surface area contributed by atoms with Crippen molar-refractivity contribution in [2.45, 2.75) is 38.2 Å². The molecule has 2 atom stereocenters. The zero-order valence-corrected chi connectivity index (χ0v) is 19.8. The number of carbonyl (C=O) groups is 1. The zero-order valence-electron chi connectivity index (χ0n) is 19.0. The smallest absolute Gasteiger partial charge is 0.368 e. The van der Waals surface area contributed by atoms with Crippen LogP contribution in [0.15, 0.2) is 48.7 Å². The SMILES string of the molecule is Cc1nc(C(=O)N2CCC[C@H](C(F)(F)F)[C@@H]2CNc2ccc(C(F)(F)F)cn2)c(-c2ccccc2)s1. The number of hydrogen-bond donors (Lipinski definition) is 1. The number of thiazole rings is 1. The summed E-state index contributed by atoms with van der Waals surface area (Å²) in [6, 6.07) is 9.56. The van der Waals surface area contributed by atoms with Gasteiger partial charge in [0.25, 0.3) is 5.91 Å². The predicted molar refractivity (Wildman–Crippen MR) is 124 cm³/mol. The lowest BCUT2D eigenvalue weighted by atomic mass is 9.88. The molecule has 0 unspecified atom stereocenters. The summed E-state index contributed by atoms with van der Waals surface area (Å²) in [6.45, 7) is 1.49. The summed E-state index contributed by atoms with van der Waals surface area (Å²) in [4.78, 5) is 23.4. The molecule has 0 radical (unpaired) electrons. The third kappa shape index (κ3) is 5.63. The van der Waals surface area contributed by atoms with E-state index in [4.69, 9.17) is 0 Å². The molecule has 5 nitrogen and oxygen atoms in total. The van der Waals surface area contributed by atoms with E-state index in [0.29, 0.717) is 16.1 Å². The van der Waals surface area contributed by atoms with Crippen molar-refractivity contribution in [3.8, 4) is 10.4 Å². The van der Waals surface area contributed by atoms with Gasteiger partial charge in [0.05, 0.1) is 27.4 Å². The molecule has 1 fully saturated rings. The molecule has 1 aromatic carbocycles. The van der Waals surface area contributed by atoms with Crippen molar-refractivity contribution in [2.24, 2.45) is 5.92 Å². The number of aromatic nitrogens is 2. The normalized spacial score (nSPS) is 18.8. The summed E-state index contributed by atoms with van der Waals surface area (Å²) in [5.74, 6) is -2.44. The number of hydrogen-bond acceptors (Lipinski definition) is 5. The lowest BCUT2D eigenvalue weighted by Gasteiger charge is -2.42. The Hall–Kier alpha value is -3.15. The lowest BCUT2D eigenvalue weighted by Crippen LogP contribution is -2.55. The van der Waals surface area contributed by atoms with Crippen LogP contribution in [-0.2, 0) is 6.18 Å². The van der Waals surface area contributed by atoms with E-state index >= 15 is 0 Å². The van der Waals surface area contributed by atoms with Gasteiger partial charge >= 0.3 is 12.4 Å². The molecule has 2 aromatic heterocycles. The quantitative estimate of drug-likeness (QED) is 0.388. The number of piperidine rings is 1. The molecule has 36 heavy (non-hydrogen) atoms. The number of nitrogens with zero attached hydrogens (tertiary/aromatic N) is 3. The Morgan fingerprint density at radius 3 is 2.44 bits per heavy atom. The number of halogens is 6. The third-order valence-corrected chi connectivity index (χ3v) is 7.04. The Bertz CT molecular complexity index is 1190. The Labute approximate surface area is 207 Å². The summed E-state index contributed by atoms with van der Waals surface area (Å²) >= 11 is 1.28. The number of likely N-dealkylation sites (tertiary alicyclic amines) is 1. The minimum atomic E-state index is -4.58. The van der Waals surface area contributed by atoms with Gasteiger partial charge in [0.2, 0.25) is 0 Å². The highest BCUT2D eigenvalue weighted by Crippen LogP contribution is 2.39. The number of amides is 1. The number of pyridine rings is 1. The summed E-state index contributed by atoms with van der Waals surface area (Å²) < 4.78 is 80.3. The van der Waals surface area contributed by atoms with Gasteiger partial charge in [0, 0.05) is 19.3 Å². The number of alkyl halides is 6. The second-order valence-corrected chi connectivity index (χ2v) is 9.65. The number of carbonyl (C=O) groups excluding carboxylic acids is 1. The molecular formula is C24H22F6N4OS. The lowest BCUT2D eigenvalue weighted by molar-refractivity contribution is -0.196. The predicted octanol–water partition coefficient (Wildman–Crippen LogP) is 6.43. The van der Waals surface area contributed by atoms with Crippen LogP contribution >= 0.6 is 11.3 Å². The first-order valence-electron chi connectivity index (χ1n) is 11.1. The molecule has 1 aliphatic rings. The van der Waals surface area contributed by atoms with E-state index in [1.807, 2.05) is 6.07 Å². The summed E-state index contributed by atoms with van der Waals surface area (Å²) in [5.41, 5.74) is -0.147. The van der Waals surface area contributed by atoms with E-state index in [1.54, 1.807) is 31.2 Å². The van der Waals surface area contributed by atoms with Gasteiger partial charge in [-0.05, 0) is 37.5 Å². The van der Waals surface area contributed by atoms with Crippen molar-refractivity contribution >= 4 is 23.1 Å². The summed E-state index contributed by atoms with van der Waals surface area (Å²) in [5, 5.41) is 3.29. The summed E-state index contributed by atoms with van der Waals surface area (Å²) in [6.07, 6.45) is -8.55. The number of rotatable bonds is 5. The van der Waals surface area contributed by atoms with Crippen molar-refractivity contribution in [2.75, 3.05) is 18.4 Å². The van der Waals surface area contributed by atoms with Crippen molar-refractivity contribution in [3.63, 3.8) is 0 Å². The Morgan fingerprint density at radius 1 is 1.11 bits per heavy atom. The highest BCUT2D eigenvalue weighted by atomic mass is 32.1. The van der Waals surface area contributed by atoms with E-state index in [1.165, 1.54) is 16.2 Å². The van der Waals surface area contributed by atoms with Crippen LogP contribution in [0.4, 0.5) is 32.2 Å². The molecule has 0 bridgehead atoms. The Balaban J connectivity index is 1.62. The van der Waals surface area contributed by atoms with Gasteiger partial charge in [-0.15, -0.1) is 11.3 Å².